The first-order valence-corrected chi connectivity index (χ1v) is 7.68. The standard InChI is InChI=1S/C15H25NO2/c17-14-5-3-13(4-6-14)16-15(18)9-12-8-10-1-2-11(12)7-10/h10-14,17H,1-9H2,(H,16,18)/t10-,11+,12-,13?,14?/m1/s1. The quantitative estimate of drug-likeness (QED) is 0.808. The Bertz CT molecular complexity index is 310. The summed E-state index contributed by atoms with van der Waals surface area (Å²) in [6.07, 6.45) is 9.64. The summed E-state index contributed by atoms with van der Waals surface area (Å²) in [6, 6.07) is 0.319. The van der Waals surface area contributed by atoms with Gasteiger partial charge in [-0.15, -0.1) is 0 Å². The zero-order valence-electron chi connectivity index (χ0n) is 11.1. The first-order chi connectivity index (χ1) is 8.70. The molecular formula is C15H25NO2. The predicted octanol–water partition coefficient (Wildman–Crippen LogP) is 2.23. The second-order valence-corrected chi connectivity index (χ2v) is 6.71. The van der Waals surface area contributed by atoms with Crippen LogP contribution in [0.25, 0.3) is 0 Å². The van der Waals surface area contributed by atoms with E-state index in [1.807, 2.05) is 0 Å². The Labute approximate surface area is 109 Å². The Morgan fingerprint density at radius 2 is 1.83 bits per heavy atom. The number of hydrogen-bond donors (Lipinski definition) is 2. The van der Waals surface area contributed by atoms with Gasteiger partial charge in [0.05, 0.1) is 6.10 Å². The Balaban J connectivity index is 1.42. The van der Waals surface area contributed by atoms with Crippen LogP contribution in [0.15, 0.2) is 0 Å². The summed E-state index contributed by atoms with van der Waals surface area (Å²) in [5.74, 6) is 2.69. The second-order valence-electron chi connectivity index (χ2n) is 6.71. The van der Waals surface area contributed by atoms with Gasteiger partial charge in [-0.3, -0.25) is 4.79 Å². The average Bonchev–Trinajstić information content (AvgIpc) is 2.94. The Morgan fingerprint density at radius 3 is 2.44 bits per heavy atom. The number of rotatable bonds is 3. The zero-order chi connectivity index (χ0) is 12.5. The molecular weight excluding hydrogens is 226 g/mol. The van der Waals surface area contributed by atoms with E-state index in [9.17, 15) is 9.90 Å². The van der Waals surface area contributed by atoms with Crippen LogP contribution in [0.2, 0.25) is 0 Å². The lowest BCUT2D eigenvalue weighted by atomic mass is 9.86. The van der Waals surface area contributed by atoms with Gasteiger partial charge in [-0.05, 0) is 62.7 Å². The molecule has 0 aromatic rings. The maximum Gasteiger partial charge on any atom is 0.220 e. The van der Waals surface area contributed by atoms with E-state index in [1.54, 1.807) is 0 Å². The highest BCUT2D eigenvalue weighted by atomic mass is 16.3. The number of amides is 1. The average molecular weight is 251 g/mol. The zero-order valence-corrected chi connectivity index (χ0v) is 11.1. The molecule has 3 aliphatic carbocycles. The van der Waals surface area contributed by atoms with Crippen LogP contribution >= 0.6 is 0 Å². The predicted molar refractivity (Wildman–Crippen MR) is 70.0 cm³/mol. The summed E-state index contributed by atoms with van der Waals surface area (Å²) >= 11 is 0. The van der Waals surface area contributed by atoms with E-state index in [0.29, 0.717) is 12.0 Å². The molecule has 0 aromatic heterocycles. The van der Waals surface area contributed by atoms with E-state index >= 15 is 0 Å². The van der Waals surface area contributed by atoms with Crippen LogP contribution in [0.3, 0.4) is 0 Å². The van der Waals surface area contributed by atoms with Crippen molar-refractivity contribution in [2.75, 3.05) is 0 Å². The van der Waals surface area contributed by atoms with Gasteiger partial charge in [-0.2, -0.15) is 0 Å². The van der Waals surface area contributed by atoms with Crippen LogP contribution in [0.5, 0.6) is 0 Å². The molecule has 0 saturated heterocycles. The van der Waals surface area contributed by atoms with Crippen molar-refractivity contribution in [3.8, 4) is 0 Å². The maximum atomic E-state index is 12.1. The summed E-state index contributed by atoms with van der Waals surface area (Å²) < 4.78 is 0. The van der Waals surface area contributed by atoms with Crippen LogP contribution in [0.1, 0.15) is 57.8 Å². The molecule has 18 heavy (non-hydrogen) atoms. The lowest BCUT2D eigenvalue weighted by Crippen LogP contribution is -2.39. The molecule has 3 aliphatic rings. The van der Waals surface area contributed by atoms with Gasteiger partial charge < -0.3 is 10.4 Å². The molecule has 0 unspecified atom stereocenters. The van der Waals surface area contributed by atoms with Gasteiger partial charge in [0, 0.05) is 12.5 Å². The third-order valence-corrected chi connectivity index (χ3v) is 5.39. The lowest BCUT2D eigenvalue weighted by Gasteiger charge is -2.27. The lowest BCUT2D eigenvalue weighted by molar-refractivity contribution is -0.123. The van der Waals surface area contributed by atoms with E-state index in [1.165, 1.54) is 25.7 Å². The molecule has 3 atom stereocenters. The van der Waals surface area contributed by atoms with E-state index in [0.717, 1.165) is 43.9 Å². The Kier molecular flexibility index (Phi) is 3.60. The first-order valence-electron chi connectivity index (χ1n) is 7.68. The first kappa shape index (κ1) is 12.5. The second kappa shape index (κ2) is 5.20. The van der Waals surface area contributed by atoms with Crippen molar-refractivity contribution in [3.63, 3.8) is 0 Å². The van der Waals surface area contributed by atoms with Crippen molar-refractivity contribution in [1.82, 2.24) is 5.32 Å². The number of hydrogen-bond acceptors (Lipinski definition) is 2. The van der Waals surface area contributed by atoms with Gasteiger partial charge in [0.1, 0.15) is 0 Å². The molecule has 0 aliphatic heterocycles. The summed E-state index contributed by atoms with van der Waals surface area (Å²) in [5, 5.41) is 12.6. The van der Waals surface area contributed by atoms with E-state index in [2.05, 4.69) is 5.32 Å². The van der Waals surface area contributed by atoms with E-state index < -0.39 is 0 Å². The smallest absolute Gasteiger partial charge is 0.220 e. The fourth-order valence-corrected chi connectivity index (χ4v) is 4.37. The van der Waals surface area contributed by atoms with Crippen LogP contribution in [-0.4, -0.2) is 23.2 Å². The molecule has 0 aromatic carbocycles. The molecule has 2 N–H and O–H groups in total. The molecule has 3 heteroatoms. The minimum atomic E-state index is -0.135. The number of fused-ring (bicyclic) bond motifs is 2. The molecule has 3 nitrogen and oxygen atoms in total. The minimum Gasteiger partial charge on any atom is -0.393 e. The topological polar surface area (TPSA) is 49.3 Å². The molecule has 0 heterocycles. The number of aliphatic hydroxyl groups excluding tert-OH is 1. The van der Waals surface area contributed by atoms with Gasteiger partial charge in [0.25, 0.3) is 0 Å². The maximum absolute atomic E-state index is 12.1. The van der Waals surface area contributed by atoms with Crippen LogP contribution in [0, 0.1) is 17.8 Å². The fourth-order valence-electron chi connectivity index (χ4n) is 4.37. The third kappa shape index (κ3) is 2.71. The summed E-state index contributed by atoms with van der Waals surface area (Å²) in [5.41, 5.74) is 0. The molecule has 0 spiro atoms. The van der Waals surface area contributed by atoms with Crippen molar-refractivity contribution in [2.45, 2.75) is 69.9 Å². The molecule has 3 fully saturated rings. The number of carbonyl (C=O) groups is 1. The summed E-state index contributed by atoms with van der Waals surface area (Å²) in [6.45, 7) is 0. The molecule has 2 bridgehead atoms. The Hall–Kier alpha value is -0.570. The monoisotopic (exact) mass is 251 g/mol. The SMILES string of the molecule is O=C(C[C@H]1C[C@@H]2CC[C@H]1C2)NC1CCC(O)CC1. The third-order valence-electron chi connectivity index (χ3n) is 5.39. The van der Waals surface area contributed by atoms with Crippen LogP contribution in [0.4, 0.5) is 0 Å². The highest BCUT2D eigenvalue weighted by Crippen LogP contribution is 2.49. The van der Waals surface area contributed by atoms with Crippen molar-refractivity contribution >= 4 is 5.91 Å². The van der Waals surface area contributed by atoms with Crippen LogP contribution < -0.4 is 5.32 Å². The van der Waals surface area contributed by atoms with Gasteiger partial charge in [-0.1, -0.05) is 6.42 Å². The van der Waals surface area contributed by atoms with Gasteiger partial charge >= 0.3 is 0 Å². The number of nitrogens with one attached hydrogen (secondary N) is 1. The molecule has 3 rings (SSSR count). The highest BCUT2D eigenvalue weighted by molar-refractivity contribution is 5.76. The summed E-state index contributed by atoms with van der Waals surface area (Å²) in [4.78, 5) is 12.1. The normalized spacial score (nSPS) is 43.1. The van der Waals surface area contributed by atoms with Crippen molar-refractivity contribution in [1.29, 1.82) is 0 Å². The van der Waals surface area contributed by atoms with Crippen molar-refractivity contribution in [3.05, 3.63) is 0 Å². The van der Waals surface area contributed by atoms with Gasteiger partial charge in [0.2, 0.25) is 5.91 Å². The largest absolute Gasteiger partial charge is 0.393 e. The van der Waals surface area contributed by atoms with Gasteiger partial charge in [0.15, 0.2) is 0 Å². The van der Waals surface area contributed by atoms with E-state index in [4.69, 9.17) is 0 Å². The molecule has 102 valence electrons. The van der Waals surface area contributed by atoms with Gasteiger partial charge in [-0.25, -0.2) is 0 Å². The van der Waals surface area contributed by atoms with E-state index in [-0.39, 0.29) is 12.0 Å². The molecule has 1 amide bonds. The fraction of sp³-hybridized carbons (Fsp3) is 0.933. The molecule has 0 radical (unpaired) electrons. The van der Waals surface area contributed by atoms with Crippen LogP contribution in [-0.2, 0) is 4.79 Å². The Morgan fingerprint density at radius 1 is 1.06 bits per heavy atom. The number of carbonyl (C=O) groups excluding carboxylic acids is 1. The number of aliphatic hydroxyl groups is 1. The molecule has 3 saturated carbocycles. The summed E-state index contributed by atoms with van der Waals surface area (Å²) in [7, 11) is 0. The van der Waals surface area contributed by atoms with Crippen molar-refractivity contribution in [2.24, 2.45) is 17.8 Å². The highest BCUT2D eigenvalue weighted by Gasteiger charge is 2.40. The minimum absolute atomic E-state index is 0.135. The van der Waals surface area contributed by atoms with Crippen molar-refractivity contribution < 1.29 is 9.90 Å².